The monoisotopic (exact) mass is 464 g/mol. The maximum absolute atomic E-state index is 13.0. The Kier molecular flexibility index (Phi) is 6.51. The number of rotatable bonds is 8. The summed E-state index contributed by atoms with van der Waals surface area (Å²) in [5.41, 5.74) is 0.939. The van der Waals surface area contributed by atoms with Gasteiger partial charge < -0.3 is 15.9 Å². The van der Waals surface area contributed by atoms with Crippen molar-refractivity contribution in [3.05, 3.63) is 78.0 Å². The first kappa shape index (κ1) is 21.8. The molecule has 0 aliphatic heterocycles. The first-order valence-corrected chi connectivity index (χ1v) is 10.6. The molecule has 4 rings (SSSR count). The minimum atomic E-state index is -0.374. The molecule has 0 spiro atoms. The fraction of sp³-hybridized carbons (Fsp3) is 0.0952. The van der Waals surface area contributed by atoms with Crippen LogP contribution in [-0.4, -0.2) is 36.3 Å². The number of nitriles is 1. The Morgan fingerprint density at radius 2 is 1.94 bits per heavy atom. The van der Waals surface area contributed by atoms with Gasteiger partial charge in [0.1, 0.15) is 29.8 Å². The van der Waals surface area contributed by atoms with Crippen LogP contribution in [0.3, 0.4) is 0 Å². The smallest absolute Gasteiger partial charge is 0.236 e. The molecule has 33 heavy (non-hydrogen) atoms. The van der Waals surface area contributed by atoms with Crippen LogP contribution in [0.4, 0.5) is 10.2 Å². The van der Waals surface area contributed by atoms with Crippen LogP contribution < -0.4 is 15.9 Å². The van der Waals surface area contributed by atoms with Crippen molar-refractivity contribution in [2.24, 2.45) is 0 Å². The molecule has 3 N–H and O–H groups in total. The van der Waals surface area contributed by atoms with Gasteiger partial charge in [-0.05, 0) is 36.4 Å². The number of hydrogen-bond donors (Lipinski definition) is 2. The van der Waals surface area contributed by atoms with E-state index in [-0.39, 0.29) is 35.5 Å². The van der Waals surface area contributed by atoms with E-state index in [9.17, 15) is 14.4 Å². The number of anilines is 1. The minimum Gasteiger partial charge on any atom is -0.486 e. The molecule has 2 aromatic heterocycles. The first-order valence-electron chi connectivity index (χ1n) is 9.59. The second kappa shape index (κ2) is 9.84. The van der Waals surface area contributed by atoms with E-state index < -0.39 is 0 Å². The lowest BCUT2D eigenvalue weighted by Crippen LogP contribution is -2.19. The number of nitrogens with zero attached hydrogens (tertiary/aromatic N) is 6. The minimum absolute atomic E-state index is 0.0175. The van der Waals surface area contributed by atoms with E-state index in [1.165, 1.54) is 39.8 Å². The SMILES string of the molecule is N#Cc1cnn(-c2ccccc2)c1NC(=O)CSc1nnc(COc2ccc(F)cc2)n1N. The summed E-state index contributed by atoms with van der Waals surface area (Å²) in [6, 6.07) is 16.7. The average Bonchev–Trinajstić information content (AvgIpc) is 3.40. The van der Waals surface area contributed by atoms with E-state index in [2.05, 4.69) is 20.6 Å². The molecule has 2 heterocycles. The highest BCUT2D eigenvalue weighted by atomic mass is 32.2. The molecule has 2 aromatic carbocycles. The third kappa shape index (κ3) is 5.10. The van der Waals surface area contributed by atoms with Gasteiger partial charge >= 0.3 is 0 Å². The van der Waals surface area contributed by atoms with Crippen molar-refractivity contribution in [2.45, 2.75) is 11.8 Å². The van der Waals surface area contributed by atoms with Gasteiger partial charge in [0.25, 0.3) is 0 Å². The normalized spacial score (nSPS) is 10.5. The Bertz CT molecular complexity index is 1300. The number of para-hydroxylation sites is 1. The number of halogens is 1. The van der Waals surface area contributed by atoms with Crippen LogP contribution in [-0.2, 0) is 11.4 Å². The molecule has 4 aromatic rings. The second-order valence-corrected chi connectivity index (χ2v) is 7.56. The third-order valence-corrected chi connectivity index (χ3v) is 5.34. The predicted molar refractivity (Wildman–Crippen MR) is 119 cm³/mol. The molecule has 0 aliphatic rings. The Morgan fingerprint density at radius 3 is 2.67 bits per heavy atom. The molecule has 0 unspecified atom stereocenters. The number of nitrogens with one attached hydrogen (secondary N) is 1. The molecule has 0 saturated heterocycles. The molecule has 0 fully saturated rings. The highest BCUT2D eigenvalue weighted by molar-refractivity contribution is 7.99. The van der Waals surface area contributed by atoms with Crippen molar-refractivity contribution < 1.29 is 13.9 Å². The fourth-order valence-corrected chi connectivity index (χ4v) is 3.47. The summed E-state index contributed by atoms with van der Waals surface area (Å²) < 4.78 is 21.2. The van der Waals surface area contributed by atoms with Crippen molar-refractivity contribution in [3.8, 4) is 17.5 Å². The Balaban J connectivity index is 1.38. The fourth-order valence-electron chi connectivity index (χ4n) is 2.80. The van der Waals surface area contributed by atoms with E-state index >= 15 is 0 Å². The van der Waals surface area contributed by atoms with Gasteiger partial charge in [-0.1, -0.05) is 30.0 Å². The van der Waals surface area contributed by atoms with Crippen LogP contribution in [0.1, 0.15) is 11.4 Å². The Morgan fingerprint density at radius 1 is 1.18 bits per heavy atom. The molecular weight excluding hydrogens is 447 g/mol. The van der Waals surface area contributed by atoms with Gasteiger partial charge in [0.15, 0.2) is 11.6 Å². The average molecular weight is 464 g/mol. The first-order chi connectivity index (χ1) is 16.0. The molecule has 0 saturated carbocycles. The van der Waals surface area contributed by atoms with Crippen molar-refractivity contribution in [3.63, 3.8) is 0 Å². The number of aromatic nitrogens is 5. The molecule has 166 valence electrons. The molecule has 0 atom stereocenters. The molecule has 12 heteroatoms. The number of benzene rings is 2. The highest BCUT2D eigenvalue weighted by Gasteiger charge is 2.17. The second-order valence-electron chi connectivity index (χ2n) is 6.61. The van der Waals surface area contributed by atoms with Crippen molar-refractivity contribution in [1.82, 2.24) is 24.7 Å². The number of hydrogen-bond acceptors (Lipinski definition) is 8. The Hall–Kier alpha value is -4.37. The van der Waals surface area contributed by atoms with E-state index in [0.717, 1.165) is 11.8 Å². The maximum Gasteiger partial charge on any atom is 0.236 e. The zero-order chi connectivity index (χ0) is 23.2. The van der Waals surface area contributed by atoms with Crippen LogP contribution >= 0.6 is 11.8 Å². The standard InChI is InChI=1S/C21H17FN8O2S/c22-15-6-8-17(9-7-15)32-12-18-27-28-21(29(18)24)33-13-19(31)26-20-14(10-23)11-25-30(20)16-4-2-1-3-5-16/h1-9,11H,12-13,24H2,(H,26,31). The quantitative estimate of drug-likeness (QED) is 0.300. The van der Waals surface area contributed by atoms with Gasteiger partial charge in [0.2, 0.25) is 11.1 Å². The summed E-state index contributed by atoms with van der Waals surface area (Å²) in [6.45, 7) is 0.0175. The summed E-state index contributed by atoms with van der Waals surface area (Å²) in [5, 5.41) is 24.5. The molecule has 10 nitrogen and oxygen atoms in total. The number of carbonyl (C=O) groups is 1. The van der Waals surface area contributed by atoms with Gasteiger partial charge in [-0.3, -0.25) is 4.79 Å². The van der Waals surface area contributed by atoms with Crippen LogP contribution in [0.25, 0.3) is 5.69 Å². The Labute approximate surface area is 191 Å². The summed E-state index contributed by atoms with van der Waals surface area (Å²) in [5.74, 6) is 6.29. The van der Waals surface area contributed by atoms with E-state index in [1.54, 1.807) is 0 Å². The summed E-state index contributed by atoms with van der Waals surface area (Å²) in [7, 11) is 0. The van der Waals surface area contributed by atoms with Crippen LogP contribution in [0, 0.1) is 17.1 Å². The summed E-state index contributed by atoms with van der Waals surface area (Å²) >= 11 is 1.07. The molecule has 0 bridgehead atoms. The summed E-state index contributed by atoms with van der Waals surface area (Å²) in [4.78, 5) is 12.6. The van der Waals surface area contributed by atoms with Gasteiger partial charge in [-0.15, -0.1) is 10.2 Å². The zero-order valence-electron chi connectivity index (χ0n) is 17.1. The molecule has 0 radical (unpaired) electrons. The van der Waals surface area contributed by atoms with Gasteiger partial charge in [0.05, 0.1) is 17.6 Å². The van der Waals surface area contributed by atoms with E-state index in [4.69, 9.17) is 10.6 Å². The van der Waals surface area contributed by atoms with Crippen LogP contribution in [0.15, 0.2) is 66.0 Å². The molecule has 1 amide bonds. The van der Waals surface area contributed by atoms with Crippen LogP contribution in [0.2, 0.25) is 0 Å². The van der Waals surface area contributed by atoms with Crippen molar-refractivity contribution in [2.75, 3.05) is 16.9 Å². The van der Waals surface area contributed by atoms with Gasteiger partial charge in [0, 0.05) is 0 Å². The number of thioether (sulfide) groups is 1. The topological polar surface area (TPSA) is 137 Å². The van der Waals surface area contributed by atoms with Crippen molar-refractivity contribution >= 4 is 23.5 Å². The largest absolute Gasteiger partial charge is 0.486 e. The van der Waals surface area contributed by atoms with E-state index in [0.29, 0.717) is 22.4 Å². The van der Waals surface area contributed by atoms with E-state index in [1.807, 2.05) is 36.4 Å². The number of nitrogens with two attached hydrogens (primary N) is 1. The third-order valence-electron chi connectivity index (χ3n) is 4.40. The highest BCUT2D eigenvalue weighted by Crippen LogP contribution is 2.21. The number of carbonyl (C=O) groups excluding carboxylic acids is 1. The maximum atomic E-state index is 13.0. The number of nitrogen functional groups attached to an aromatic ring is 1. The predicted octanol–water partition coefficient (Wildman–Crippen LogP) is 2.50. The van der Waals surface area contributed by atoms with Crippen LogP contribution in [0.5, 0.6) is 5.75 Å². The molecular formula is C21H17FN8O2S. The lowest BCUT2D eigenvalue weighted by atomic mass is 10.3. The zero-order valence-corrected chi connectivity index (χ0v) is 17.9. The molecule has 0 aliphatic carbocycles. The number of ether oxygens (including phenoxy) is 1. The summed E-state index contributed by atoms with van der Waals surface area (Å²) in [6.07, 6.45) is 1.39. The van der Waals surface area contributed by atoms with Gasteiger partial charge in [-0.2, -0.15) is 10.4 Å². The lowest BCUT2D eigenvalue weighted by Gasteiger charge is -2.09. The van der Waals surface area contributed by atoms with Crippen molar-refractivity contribution in [1.29, 1.82) is 5.26 Å². The lowest BCUT2D eigenvalue weighted by molar-refractivity contribution is -0.113. The van der Waals surface area contributed by atoms with Gasteiger partial charge in [-0.25, -0.2) is 13.7 Å². The number of amides is 1.